The number of hydrogen-bond acceptors (Lipinski definition) is 3. The van der Waals surface area contributed by atoms with E-state index in [0.29, 0.717) is 12.0 Å². The number of benzene rings is 1. The van der Waals surface area contributed by atoms with Crippen LogP contribution < -0.4 is 5.73 Å². The molecule has 1 aromatic heterocycles. The molecule has 0 spiro atoms. The number of rotatable bonds is 4. The number of aromatic nitrogens is 1. The van der Waals surface area contributed by atoms with Gasteiger partial charge in [-0.1, -0.05) is 24.1 Å². The molecular weight excluding hydrogens is 282 g/mol. The summed E-state index contributed by atoms with van der Waals surface area (Å²) in [6.07, 6.45) is 5.62. The number of pyridine rings is 1. The van der Waals surface area contributed by atoms with Gasteiger partial charge >= 0.3 is 0 Å². The second-order valence-electron chi connectivity index (χ2n) is 6.02. The zero-order valence-corrected chi connectivity index (χ0v) is 13.2. The first kappa shape index (κ1) is 14.8. The SMILES string of the molecule is CN(Cc1ccc(Cl)c2cccnc12)C1CCCC1CN. The molecule has 0 saturated heterocycles. The van der Waals surface area contributed by atoms with Gasteiger partial charge in [0.2, 0.25) is 0 Å². The molecule has 1 saturated carbocycles. The highest BCUT2D eigenvalue weighted by molar-refractivity contribution is 6.35. The third-order valence-electron chi connectivity index (χ3n) is 4.71. The third-order valence-corrected chi connectivity index (χ3v) is 5.04. The van der Waals surface area contributed by atoms with Crippen molar-refractivity contribution in [3.8, 4) is 0 Å². The molecule has 0 bridgehead atoms. The Bertz CT molecular complexity index is 628. The topological polar surface area (TPSA) is 42.2 Å². The van der Waals surface area contributed by atoms with Crippen molar-refractivity contribution in [2.24, 2.45) is 11.7 Å². The van der Waals surface area contributed by atoms with Crippen LogP contribution in [0.5, 0.6) is 0 Å². The first-order valence-electron chi connectivity index (χ1n) is 7.63. The highest BCUT2D eigenvalue weighted by Crippen LogP contribution is 2.31. The number of halogens is 1. The lowest BCUT2D eigenvalue weighted by atomic mass is 10.0. The van der Waals surface area contributed by atoms with Gasteiger partial charge in [-0.15, -0.1) is 0 Å². The summed E-state index contributed by atoms with van der Waals surface area (Å²) in [6, 6.07) is 8.63. The lowest BCUT2D eigenvalue weighted by Crippen LogP contribution is -2.37. The summed E-state index contributed by atoms with van der Waals surface area (Å²) in [5.41, 5.74) is 8.16. The van der Waals surface area contributed by atoms with E-state index in [1.54, 1.807) is 0 Å². The number of fused-ring (bicyclic) bond motifs is 1. The van der Waals surface area contributed by atoms with Gasteiger partial charge < -0.3 is 5.73 Å². The maximum Gasteiger partial charge on any atom is 0.0761 e. The summed E-state index contributed by atoms with van der Waals surface area (Å²) in [4.78, 5) is 6.96. The molecule has 4 heteroatoms. The Morgan fingerprint density at radius 1 is 1.33 bits per heavy atom. The Hall–Kier alpha value is -1.16. The minimum Gasteiger partial charge on any atom is -0.330 e. The van der Waals surface area contributed by atoms with Crippen molar-refractivity contribution in [2.45, 2.75) is 31.8 Å². The molecule has 2 unspecified atom stereocenters. The Morgan fingerprint density at radius 2 is 2.19 bits per heavy atom. The van der Waals surface area contributed by atoms with Crippen molar-refractivity contribution in [3.05, 3.63) is 41.0 Å². The largest absolute Gasteiger partial charge is 0.330 e. The highest BCUT2D eigenvalue weighted by Gasteiger charge is 2.29. The molecule has 2 N–H and O–H groups in total. The van der Waals surface area contributed by atoms with Crippen LogP contribution in [0.2, 0.25) is 5.02 Å². The standard InChI is InChI=1S/C17H22ClN3/c1-21(16-6-2-4-12(16)10-19)11-13-7-8-15(18)14-5-3-9-20-17(13)14/h3,5,7-9,12,16H,2,4,6,10-11,19H2,1H3. The van der Waals surface area contributed by atoms with Crippen LogP contribution >= 0.6 is 11.6 Å². The third kappa shape index (κ3) is 2.91. The van der Waals surface area contributed by atoms with Gasteiger partial charge in [-0.25, -0.2) is 0 Å². The maximum atomic E-state index is 6.27. The van der Waals surface area contributed by atoms with E-state index in [2.05, 4.69) is 23.0 Å². The van der Waals surface area contributed by atoms with Crippen LogP contribution in [-0.2, 0) is 6.54 Å². The molecule has 1 heterocycles. The van der Waals surface area contributed by atoms with E-state index in [9.17, 15) is 0 Å². The van der Waals surface area contributed by atoms with Crippen molar-refractivity contribution >= 4 is 22.5 Å². The molecule has 1 fully saturated rings. The molecule has 0 amide bonds. The van der Waals surface area contributed by atoms with E-state index in [1.807, 2.05) is 24.4 Å². The number of nitrogens with two attached hydrogens (primary N) is 1. The molecule has 21 heavy (non-hydrogen) atoms. The average Bonchev–Trinajstić information content (AvgIpc) is 2.99. The normalized spacial score (nSPS) is 22.3. The van der Waals surface area contributed by atoms with Crippen molar-refractivity contribution in [1.29, 1.82) is 0 Å². The lowest BCUT2D eigenvalue weighted by Gasteiger charge is -2.29. The highest BCUT2D eigenvalue weighted by atomic mass is 35.5. The Morgan fingerprint density at radius 3 is 3.00 bits per heavy atom. The van der Waals surface area contributed by atoms with E-state index >= 15 is 0 Å². The predicted octanol–water partition coefficient (Wildman–Crippen LogP) is 3.45. The maximum absolute atomic E-state index is 6.27. The minimum atomic E-state index is 0.587. The van der Waals surface area contributed by atoms with E-state index in [4.69, 9.17) is 17.3 Å². The van der Waals surface area contributed by atoms with Gasteiger partial charge in [0.05, 0.1) is 5.52 Å². The quantitative estimate of drug-likeness (QED) is 0.940. The summed E-state index contributed by atoms with van der Waals surface area (Å²) in [6.45, 7) is 1.68. The van der Waals surface area contributed by atoms with Gasteiger partial charge in [-0.2, -0.15) is 0 Å². The van der Waals surface area contributed by atoms with Crippen LogP contribution in [0.25, 0.3) is 10.9 Å². The Balaban J connectivity index is 1.86. The van der Waals surface area contributed by atoms with Gasteiger partial charge in [-0.05, 0) is 56.1 Å². The minimum absolute atomic E-state index is 0.587. The summed E-state index contributed by atoms with van der Waals surface area (Å²) in [7, 11) is 2.20. The summed E-state index contributed by atoms with van der Waals surface area (Å²) in [5.74, 6) is 0.626. The molecule has 2 aromatic rings. The summed E-state index contributed by atoms with van der Waals surface area (Å²) < 4.78 is 0. The van der Waals surface area contributed by atoms with E-state index < -0.39 is 0 Å². The zero-order chi connectivity index (χ0) is 14.8. The lowest BCUT2D eigenvalue weighted by molar-refractivity contribution is 0.193. The first-order valence-corrected chi connectivity index (χ1v) is 8.01. The number of nitrogens with zero attached hydrogens (tertiary/aromatic N) is 2. The summed E-state index contributed by atoms with van der Waals surface area (Å²) >= 11 is 6.27. The number of hydrogen-bond donors (Lipinski definition) is 1. The molecular formula is C17H22ClN3. The molecule has 1 aliphatic carbocycles. The van der Waals surface area contributed by atoms with Crippen molar-refractivity contribution in [2.75, 3.05) is 13.6 Å². The van der Waals surface area contributed by atoms with Crippen LogP contribution in [0, 0.1) is 5.92 Å². The molecule has 1 aromatic carbocycles. The molecule has 0 aliphatic heterocycles. The molecule has 3 nitrogen and oxygen atoms in total. The van der Waals surface area contributed by atoms with Gasteiger partial charge in [-0.3, -0.25) is 9.88 Å². The molecule has 1 aliphatic rings. The molecule has 2 atom stereocenters. The second kappa shape index (κ2) is 6.30. The van der Waals surface area contributed by atoms with Crippen molar-refractivity contribution in [1.82, 2.24) is 9.88 Å². The van der Waals surface area contributed by atoms with E-state index in [1.165, 1.54) is 24.8 Å². The monoisotopic (exact) mass is 303 g/mol. The van der Waals surface area contributed by atoms with Crippen molar-refractivity contribution in [3.63, 3.8) is 0 Å². The second-order valence-corrected chi connectivity index (χ2v) is 6.42. The molecule has 3 rings (SSSR count). The average molecular weight is 304 g/mol. The van der Waals surface area contributed by atoms with E-state index in [0.717, 1.165) is 29.0 Å². The van der Waals surface area contributed by atoms with Gasteiger partial charge in [0, 0.05) is 29.2 Å². The Kier molecular flexibility index (Phi) is 4.43. The predicted molar refractivity (Wildman–Crippen MR) is 88.4 cm³/mol. The van der Waals surface area contributed by atoms with Crippen LogP contribution in [0.15, 0.2) is 30.5 Å². The fraction of sp³-hybridized carbons (Fsp3) is 0.471. The van der Waals surface area contributed by atoms with Crippen molar-refractivity contribution < 1.29 is 0 Å². The molecule has 0 radical (unpaired) electrons. The fourth-order valence-corrected chi connectivity index (χ4v) is 3.80. The molecule has 112 valence electrons. The van der Waals surface area contributed by atoms with Crippen LogP contribution in [-0.4, -0.2) is 29.5 Å². The van der Waals surface area contributed by atoms with Crippen LogP contribution in [0.1, 0.15) is 24.8 Å². The van der Waals surface area contributed by atoms with Crippen LogP contribution in [0.3, 0.4) is 0 Å². The van der Waals surface area contributed by atoms with Crippen LogP contribution in [0.4, 0.5) is 0 Å². The van der Waals surface area contributed by atoms with Gasteiger partial charge in [0.25, 0.3) is 0 Å². The fourth-order valence-electron chi connectivity index (χ4n) is 3.58. The zero-order valence-electron chi connectivity index (χ0n) is 12.4. The smallest absolute Gasteiger partial charge is 0.0761 e. The summed E-state index contributed by atoms with van der Waals surface area (Å²) in [5, 5.41) is 1.80. The first-order chi connectivity index (χ1) is 10.2. The Labute approximate surface area is 131 Å². The van der Waals surface area contributed by atoms with Gasteiger partial charge in [0.1, 0.15) is 0 Å². The van der Waals surface area contributed by atoms with Gasteiger partial charge in [0.15, 0.2) is 0 Å². The van der Waals surface area contributed by atoms with E-state index in [-0.39, 0.29) is 0 Å².